The minimum atomic E-state index is -0.498. The molecular formula is C23H30N2O2. The summed E-state index contributed by atoms with van der Waals surface area (Å²) in [4.78, 5) is 6.94. The predicted molar refractivity (Wildman–Crippen MR) is 109 cm³/mol. The number of benzene rings is 1. The third kappa shape index (κ3) is 3.61. The molecule has 0 amide bonds. The molecule has 144 valence electrons. The molecule has 4 heteroatoms. The van der Waals surface area contributed by atoms with Crippen molar-refractivity contribution in [3.63, 3.8) is 0 Å². The van der Waals surface area contributed by atoms with Gasteiger partial charge in [0.2, 0.25) is 0 Å². The lowest BCUT2D eigenvalue weighted by molar-refractivity contribution is -0.00340. The van der Waals surface area contributed by atoms with Crippen LogP contribution < -0.4 is 4.74 Å². The Morgan fingerprint density at radius 2 is 2.26 bits per heavy atom. The van der Waals surface area contributed by atoms with Gasteiger partial charge < -0.3 is 9.84 Å². The van der Waals surface area contributed by atoms with Gasteiger partial charge in [0.15, 0.2) is 0 Å². The maximum absolute atomic E-state index is 11.3. The molecule has 4 heterocycles. The number of fused-ring (bicyclic) bond motifs is 4. The number of hydrogen-bond acceptors (Lipinski definition) is 4. The first-order chi connectivity index (χ1) is 13.2. The minimum absolute atomic E-state index is 0.183. The lowest BCUT2D eigenvalue weighted by Gasteiger charge is -2.48. The topological polar surface area (TPSA) is 45.6 Å². The molecule has 4 nitrogen and oxygen atoms in total. The molecular weight excluding hydrogens is 336 g/mol. The number of nitrogens with zero attached hydrogens (tertiary/aromatic N) is 2. The first-order valence-corrected chi connectivity index (χ1v) is 10.3. The fraction of sp³-hybridized carbons (Fsp3) is 0.522. The number of pyridine rings is 1. The Labute approximate surface area is 161 Å². The van der Waals surface area contributed by atoms with Crippen molar-refractivity contribution in [2.45, 2.75) is 51.7 Å². The van der Waals surface area contributed by atoms with Crippen LogP contribution in [0.1, 0.15) is 51.2 Å². The lowest BCUT2D eigenvalue weighted by Crippen LogP contribution is -2.52. The number of aromatic nitrogens is 1. The summed E-state index contributed by atoms with van der Waals surface area (Å²) in [6.07, 6.45) is 8.00. The fourth-order valence-corrected chi connectivity index (χ4v) is 4.63. The lowest BCUT2D eigenvalue weighted by atomic mass is 9.76. The summed E-state index contributed by atoms with van der Waals surface area (Å²) >= 11 is 0. The van der Waals surface area contributed by atoms with Crippen molar-refractivity contribution in [1.29, 1.82) is 0 Å². The Morgan fingerprint density at radius 1 is 1.37 bits per heavy atom. The monoisotopic (exact) mass is 366 g/mol. The van der Waals surface area contributed by atoms with E-state index in [2.05, 4.69) is 29.8 Å². The quantitative estimate of drug-likeness (QED) is 0.604. The van der Waals surface area contributed by atoms with E-state index >= 15 is 0 Å². The van der Waals surface area contributed by atoms with Gasteiger partial charge in [0.1, 0.15) is 5.75 Å². The summed E-state index contributed by atoms with van der Waals surface area (Å²) in [5.41, 5.74) is 3.43. The Morgan fingerprint density at radius 3 is 3.00 bits per heavy atom. The molecule has 1 N–H and O–H groups in total. The maximum Gasteiger partial charge on any atom is 0.120 e. The maximum atomic E-state index is 11.3. The van der Waals surface area contributed by atoms with Gasteiger partial charge >= 0.3 is 0 Å². The fourth-order valence-electron chi connectivity index (χ4n) is 4.63. The largest absolute Gasteiger partial charge is 0.494 e. The van der Waals surface area contributed by atoms with Gasteiger partial charge in [-0.2, -0.15) is 0 Å². The highest BCUT2D eigenvalue weighted by molar-refractivity contribution is 5.84. The van der Waals surface area contributed by atoms with Gasteiger partial charge in [-0.05, 0) is 68.5 Å². The smallest absolute Gasteiger partial charge is 0.120 e. The SMILES string of the molecule is CC=C1CN2CC[C@H]1C[C@H]2[C@H](O)c1ccnc2ccc(OCCCC)cc12. The molecule has 2 bridgehead atoms. The highest BCUT2D eigenvalue weighted by Crippen LogP contribution is 2.41. The van der Waals surface area contributed by atoms with Gasteiger partial charge in [0.25, 0.3) is 0 Å². The molecule has 1 aromatic carbocycles. The Hall–Kier alpha value is -1.91. The molecule has 3 saturated heterocycles. The number of allylic oxidation sites excluding steroid dienone is 1. The zero-order valence-electron chi connectivity index (χ0n) is 16.4. The van der Waals surface area contributed by atoms with E-state index in [9.17, 15) is 5.11 Å². The van der Waals surface area contributed by atoms with E-state index in [1.165, 1.54) is 12.0 Å². The van der Waals surface area contributed by atoms with E-state index in [1.54, 1.807) is 0 Å². The molecule has 0 saturated carbocycles. The van der Waals surface area contributed by atoms with Crippen LogP contribution in [0.3, 0.4) is 0 Å². The van der Waals surface area contributed by atoms with Gasteiger partial charge in [0.05, 0.1) is 18.2 Å². The number of ether oxygens (including phenoxy) is 1. The van der Waals surface area contributed by atoms with Crippen molar-refractivity contribution in [2.24, 2.45) is 5.92 Å². The third-order valence-corrected chi connectivity index (χ3v) is 6.24. The second kappa shape index (κ2) is 7.99. The van der Waals surface area contributed by atoms with Gasteiger partial charge in [-0.3, -0.25) is 9.88 Å². The molecule has 5 rings (SSSR count). The van der Waals surface area contributed by atoms with Crippen LogP contribution in [-0.4, -0.2) is 40.7 Å². The molecule has 0 aliphatic carbocycles. The van der Waals surface area contributed by atoms with Gasteiger partial charge in [-0.1, -0.05) is 25.0 Å². The van der Waals surface area contributed by atoms with Crippen LogP contribution in [0.5, 0.6) is 5.75 Å². The number of aliphatic hydroxyl groups is 1. The molecule has 3 aliphatic heterocycles. The number of aliphatic hydroxyl groups excluding tert-OH is 1. The highest BCUT2D eigenvalue weighted by atomic mass is 16.5. The standard InChI is InChI=1S/C23H30N2O2/c1-3-5-12-27-18-6-7-21-20(14-18)19(8-10-24-21)23(26)22-13-17-9-11-25(22)15-16(17)4-2/h4,6-8,10,14,17,22-23,26H,3,5,9,11-13,15H2,1-2H3/t17-,22-,23+/m0/s1. The van der Waals surface area contributed by atoms with Gasteiger partial charge in [-0.25, -0.2) is 0 Å². The van der Waals surface area contributed by atoms with Crippen LogP contribution in [0.4, 0.5) is 0 Å². The van der Waals surface area contributed by atoms with E-state index in [-0.39, 0.29) is 6.04 Å². The molecule has 1 aromatic heterocycles. The average molecular weight is 367 g/mol. The predicted octanol–water partition coefficient (Wildman–Crippen LogP) is 4.49. The molecule has 27 heavy (non-hydrogen) atoms. The second-order valence-corrected chi connectivity index (χ2v) is 7.85. The van der Waals surface area contributed by atoms with Gasteiger partial charge in [-0.15, -0.1) is 0 Å². The summed E-state index contributed by atoms with van der Waals surface area (Å²) in [6, 6.07) is 8.18. The van der Waals surface area contributed by atoms with Crippen LogP contribution in [0, 0.1) is 5.92 Å². The normalized spacial score (nSPS) is 27.2. The van der Waals surface area contributed by atoms with Crippen LogP contribution in [0.2, 0.25) is 0 Å². The van der Waals surface area contributed by atoms with E-state index in [1.807, 2.05) is 30.5 Å². The highest BCUT2D eigenvalue weighted by Gasteiger charge is 2.40. The summed E-state index contributed by atoms with van der Waals surface area (Å²) in [7, 11) is 0. The average Bonchev–Trinajstić information content (AvgIpc) is 2.73. The Balaban J connectivity index is 1.61. The minimum Gasteiger partial charge on any atom is -0.494 e. The zero-order valence-corrected chi connectivity index (χ0v) is 16.4. The Bertz CT molecular complexity index is 832. The number of hydrogen-bond donors (Lipinski definition) is 1. The van der Waals surface area contributed by atoms with Crippen LogP contribution in [0.15, 0.2) is 42.1 Å². The van der Waals surface area contributed by atoms with Crippen molar-refractivity contribution >= 4 is 10.9 Å². The zero-order chi connectivity index (χ0) is 18.8. The summed E-state index contributed by atoms with van der Waals surface area (Å²) in [5.74, 6) is 1.49. The first-order valence-electron chi connectivity index (χ1n) is 10.3. The van der Waals surface area contributed by atoms with E-state index in [4.69, 9.17) is 4.74 Å². The van der Waals surface area contributed by atoms with Crippen molar-refractivity contribution in [1.82, 2.24) is 9.88 Å². The third-order valence-electron chi connectivity index (χ3n) is 6.24. The van der Waals surface area contributed by atoms with Crippen molar-refractivity contribution in [2.75, 3.05) is 19.7 Å². The summed E-state index contributed by atoms with van der Waals surface area (Å²) < 4.78 is 5.89. The number of unbranched alkanes of at least 4 members (excludes halogenated alkanes) is 1. The molecule has 0 spiro atoms. The number of piperidine rings is 3. The molecule has 3 fully saturated rings. The van der Waals surface area contributed by atoms with E-state index < -0.39 is 6.10 Å². The molecule has 2 aromatic rings. The van der Waals surface area contributed by atoms with Crippen molar-refractivity contribution in [3.8, 4) is 5.75 Å². The van der Waals surface area contributed by atoms with Crippen molar-refractivity contribution < 1.29 is 9.84 Å². The van der Waals surface area contributed by atoms with E-state index in [0.29, 0.717) is 5.92 Å². The molecule has 0 radical (unpaired) electrons. The summed E-state index contributed by atoms with van der Waals surface area (Å²) in [6.45, 7) is 7.10. The van der Waals surface area contributed by atoms with E-state index in [0.717, 1.165) is 61.2 Å². The van der Waals surface area contributed by atoms with Gasteiger partial charge in [0, 0.05) is 24.2 Å². The first kappa shape index (κ1) is 18.5. The summed E-state index contributed by atoms with van der Waals surface area (Å²) in [5, 5.41) is 12.3. The van der Waals surface area contributed by atoms with Crippen molar-refractivity contribution in [3.05, 3.63) is 47.7 Å². The molecule has 1 unspecified atom stereocenters. The Kier molecular flexibility index (Phi) is 5.46. The van der Waals surface area contributed by atoms with Crippen LogP contribution in [-0.2, 0) is 0 Å². The van der Waals surface area contributed by atoms with Crippen LogP contribution in [0.25, 0.3) is 10.9 Å². The number of rotatable bonds is 6. The van der Waals surface area contributed by atoms with Crippen LogP contribution >= 0.6 is 0 Å². The molecule has 4 atom stereocenters. The second-order valence-electron chi connectivity index (χ2n) is 7.85. The molecule has 3 aliphatic rings.